The first-order chi connectivity index (χ1) is 7.41. The Balaban J connectivity index is 2.89. The lowest BCUT2D eigenvalue weighted by Gasteiger charge is -2.00. The second kappa shape index (κ2) is 13.5. The van der Waals surface area contributed by atoms with E-state index in [1.165, 1.54) is 67.7 Å². The Labute approximate surface area is 96.7 Å². The first-order valence-electron chi connectivity index (χ1n) is 6.42. The summed E-state index contributed by atoms with van der Waals surface area (Å²) in [6.45, 7) is 0.677. The lowest BCUT2D eigenvalue weighted by atomic mass is 10.1. The smallest absolute Gasteiger partial charge is 0.0257 e. The minimum atomic E-state index is 0.677. The van der Waals surface area contributed by atoms with Gasteiger partial charge in [-0.15, -0.1) is 0 Å². The average Bonchev–Trinajstić information content (AvgIpc) is 2.26. The van der Waals surface area contributed by atoms with Crippen LogP contribution in [-0.4, -0.2) is 16.8 Å². The Morgan fingerprint density at radius 2 is 1.27 bits per heavy atom. The van der Waals surface area contributed by atoms with Gasteiger partial charge in [-0.3, -0.25) is 0 Å². The normalized spacial score (nSPS) is 10.1. The minimum Gasteiger partial charge on any atom is -0.0940 e. The topological polar surface area (TPSA) is 48.8 Å². The zero-order valence-corrected chi connectivity index (χ0v) is 12.1. The van der Waals surface area contributed by atoms with E-state index in [0.29, 0.717) is 6.54 Å². The highest BCUT2D eigenvalue weighted by Crippen LogP contribution is 2.10. The first kappa shape index (κ1) is 14.5. The average molecular weight is 227 g/mol. The van der Waals surface area contributed by atoms with E-state index in [0.717, 1.165) is 6.42 Å². The van der Waals surface area contributed by atoms with Crippen LogP contribution in [0.4, 0.5) is 0 Å². The van der Waals surface area contributed by atoms with Crippen LogP contribution >= 0.6 is 0 Å². The molecule has 0 aliphatic carbocycles. The Kier molecular flexibility index (Phi) is 13.1. The maximum Gasteiger partial charge on any atom is 0.0257 e. The molecule has 0 aliphatic heterocycles. The van der Waals surface area contributed by atoms with E-state index in [9.17, 15) is 0 Å². The van der Waals surface area contributed by atoms with Gasteiger partial charge >= 0.3 is 0 Å². The van der Waals surface area contributed by atoms with E-state index < -0.39 is 0 Å². The molecule has 0 amide bonds. The maximum absolute atomic E-state index is 8.07. The Hall–Kier alpha value is -0.473. The molecule has 0 heterocycles. The van der Waals surface area contributed by atoms with Gasteiger partial charge in [0.05, 0.1) is 0 Å². The number of rotatable bonds is 11. The molecule has 0 aliphatic rings. The summed E-state index contributed by atoms with van der Waals surface area (Å²) >= 11 is 0. The molecule has 0 aromatic carbocycles. The molecule has 0 N–H and O–H groups in total. The highest BCUT2D eigenvalue weighted by atomic mass is 28.1. The Morgan fingerprint density at radius 1 is 0.800 bits per heavy atom. The van der Waals surface area contributed by atoms with Crippen LogP contribution in [0.1, 0.15) is 57.8 Å². The van der Waals surface area contributed by atoms with Crippen LogP contribution in [0.25, 0.3) is 10.4 Å². The quantitative estimate of drug-likeness (QED) is 0.170. The molecule has 4 heteroatoms. The number of azide groups is 1. The monoisotopic (exact) mass is 227 g/mol. The molecule has 0 atom stereocenters. The molecule has 0 rings (SSSR count). The highest BCUT2D eigenvalue weighted by Gasteiger charge is 1.91. The van der Waals surface area contributed by atoms with Crippen LogP contribution in [0.3, 0.4) is 0 Å². The summed E-state index contributed by atoms with van der Waals surface area (Å²) in [5.74, 6) is 0. The minimum absolute atomic E-state index is 0.677. The molecular formula is C11H25N3Si. The van der Waals surface area contributed by atoms with Gasteiger partial charge in [0.1, 0.15) is 0 Å². The second-order valence-corrected chi connectivity index (χ2v) is 5.14. The molecule has 0 unspecified atom stereocenters. The molecule has 0 radical (unpaired) electrons. The summed E-state index contributed by atoms with van der Waals surface area (Å²) < 4.78 is 0. The van der Waals surface area contributed by atoms with Crippen molar-refractivity contribution in [2.24, 2.45) is 5.11 Å². The first-order valence-corrected chi connectivity index (χ1v) is 7.84. The molecule has 0 saturated carbocycles. The third-order valence-electron chi connectivity index (χ3n) is 2.67. The van der Waals surface area contributed by atoms with Gasteiger partial charge in [-0.1, -0.05) is 62.5 Å². The zero-order chi connectivity index (χ0) is 11.2. The van der Waals surface area contributed by atoms with E-state index in [4.69, 9.17) is 5.53 Å². The van der Waals surface area contributed by atoms with Crippen molar-refractivity contribution in [2.75, 3.05) is 6.54 Å². The molecule has 3 nitrogen and oxygen atoms in total. The second-order valence-electron chi connectivity index (χ2n) is 4.14. The van der Waals surface area contributed by atoms with Gasteiger partial charge in [-0.2, -0.15) is 0 Å². The van der Waals surface area contributed by atoms with Crippen LogP contribution in [-0.2, 0) is 0 Å². The third-order valence-corrected chi connectivity index (χ3v) is 3.38. The van der Waals surface area contributed by atoms with Gasteiger partial charge in [-0.05, 0) is 12.0 Å². The van der Waals surface area contributed by atoms with Crippen molar-refractivity contribution < 1.29 is 0 Å². The van der Waals surface area contributed by atoms with Crippen LogP contribution in [0.15, 0.2) is 5.11 Å². The van der Waals surface area contributed by atoms with Crippen molar-refractivity contribution in [3.63, 3.8) is 0 Å². The fourth-order valence-electron chi connectivity index (χ4n) is 1.71. The summed E-state index contributed by atoms with van der Waals surface area (Å²) in [4.78, 5) is 2.74. The van der Waals surface area contributed by atoms with Crippen molar-refractivity contribution in [2.45, 2.75) is 63.8 Å². The van der Waals surface area contributed by atoms with Gasteiger partial charge < -0.3 is 0 Å². The van der Waals surface area contributed by atoms with Gasteiger partial charge in [0, 0.05) is 21.7 Å². The fourth-order valence-corrected chi connectivity index (χ4v) is 2.21. The molecule has 88 valence electrons. The molecular weight excluding hydrogens is 202 g/mol. The molecule has 0 fully saturated rings. The van der Waals surface area contributed by atoms with Crippen LogP contribution < -0.4 is 0 Å². The van der Waals surface area contributed by atoms with Crippen LogP contribution in [0.2, 0.25) is 6.04 Å². The molecule has 0 spiro atoms. The summed E-state index contributed by atoms with van der Waals surface area (Å²) in [5, 5.41) is 3.52. The van der Waals surface area contributed by atoms with Gasteiger partial charge in [0.15, 0.2) is 0 Å². The van der Waals surface area contributed by atoms with E-state index >= 15 is 0 Å². The van der Waals surface area contributed by atoms with Crippen LogP contribution in [0, 0.1) is 0 Å². The Bertz CT molecular complexity index is 167. The summed E-state index contributed by atoms with van der Waals surface area (Å²) in [5.41, 5.74) is 8.07. The van der Waals surface area contributed by atoms with E-state index in [1.807, 2.05) is 0 Å². The van der Waals surface area contributed by atoms with Crippen molar-refractivity contribution in [3.05, 3.63) is 10.4 Å². The maximum atomic E-state index is 8.07. The summed E-state index contributed by atoms with van der Waals surface area (Å²) in [6.07, 6.45) is 12.1. The molecule has 0 saturated heterocycles. The van der Waals surface area contributed by atoms with E-state index in [1.54, 1.807) is 0 Å². The SMILES string of the molecule is [N-]=[N+]=NCCCCCCCCCCC[SiH3]. The number of unbranched alkanes of at least 4 members (excludes halogenated alkanes) is 8. The summed E-state index contributed by atoms with van der Waals surface area (Å²) in [7, 11) is 1.38. The highest BCUT2D eigenvalue weighted by molar-refractivity contribution is 6.08. The number of hydrogen-bond donors (Lipinski definition) is 0. The summed E-state index contributed by atoms with van der Waals surface area (Å²) in [6, 6.07) is 1.47. The van der Waals surface area contributed by atoms with E-state index in [2.05, 4.69) is 10.0 Å². The van der Waals surface area contributed by atoms with Crippen molar-refractivity contribution in [1.82, 2.24) is 0 Å². The third kappa shape index (κ3) is 13.5. The molecule has 0 bridgehead atoms. The predicted molar refractivity (Wildman–Crippen MR) is 70.3 cm³/mol. The molecule has 0 aromatic heterocycles. The van der Waals surface area contributed by atoms with Gasteiger partial charge in [0.2, 0.25) is 0 Å². The van der Waals surface area contributed by atoms with Gasteiger partial charge in [0.25, 0.3) is 0 Å². The largest absolute Gasteiger partial charge is 0.0940 e. The lowest BCUT2D eigenvalue weighted by Crippen LogP contribution is -1.83. The fraction of sp³-hybridized carbons (Fsp3) is 1.00. The lowest BCUT2D eigenvalue weighted by molar-refractivity contribution is 0.567. The van der Waals surface area contributed by atoms with Crippen molar-refractivity contribution in [3.8, 4) is 0 Å². The predicted octanol–water partition coefficient (Wildman–Crippen LogP) is 3.59. The Morgan fingerprint density at radius 3 is 1.73 bits per heavy atom. The van der Waals surface area contributed by atoms with E-state index in [-0.39, 0.29) is 0 Å². The number of hydrogen-bond acceptors (Lipinski definition) is 1. The molecule has 0 aromatic rings. The van der Waals surface area contributed by atoms with Crippen molar-refractivity contribution in [1.29, 1.82) is 0 Å². The zero-order valence-electron chi connectivity index (χ0n) is 10.1. The number of nitrogens with zero attached hydrogens (tertiary/aromatic N) is 3. The van der Waals surface area contributed by atoms with Crippen molar-refractivity contribution >= 4 is 10.2 Å². The standard InChI is InChI=1S/C11H25N3Si/c12-14-13-10-8-6-4-2-1-3-5-7-9-11-15/h1-11H2,15H3. The van der Waals surface area contributed by atoms with Crippen LogP contribution in [0.5, 0.6) is 0 Å². The molecule has 15 heavy (non-hydrogen) atoms. The van der Waals surface area contributed by atoms with Gasteiger partial charge in [-0.25, -0.2) is 0 Å².